The number of aliphatic hydroxyl groups excluding tert-OH is 3. The van der Waals surface area contributed by atoms with E-state index in [-0.39, 0.29) is 24.1 Å². The Balaban J connectivity index is 1.79. The highest BCUT2D eigenvalue weighted by Gasteiger charge is 2.46. The second-order valence-electron chi connectivity index (χ2n) is 7.10. The topological polar surface area (TPSA) is 141 Å². The van der Waals surface area contributed by atoms with Crippen molar-refractivity contribution in [2.24, 2.45) is 0 Å². The van der Waals surface area contributed by atoms with Crippen molar-refractivity contribution in [3.63, 3.8) is 0 Å². The van der Waals surface area contributed by atoms with Crippen molar-refractivity contribution < 1.29 is 34.3 Å². The number of carbonyl (C=O) groups is 1. The molecule has 2 saturated heterocycles. The zero-order valence-corrected chi connectivity index (χ0v) is 18.3. The van der Waals surface area contributed by atoms with E-state index in [0.29, 0.717) is 25.4 Å². The number of hydrogen-bond acceptors (Lipinski definition) is 9. The minimum absolute atomic E-state index is 0.0961. The van der Waals surface area contributed by atoms with E-state index in [2.05, 4.69) is 5.32 Å². The Bertz CT molecular complexity index is 481. The lowest BCUT2D eigenvalue weighted by atomic mass is 10.0. The molecule has 1 radical (unpaired) electrons. The molecule has 29 heavy (non-hydrogen) atoms. The van der Waals surface area contributed by atoms with Crippen LogP contribution in [0.1, 0.15) is 26.2 Å². The zero-order valence-electron chi connectivity index (χ0n) is 16.7. The Labute approximate surface area is 180 Å². The molecule has 2 fully saturated rings. The van der Waals surface area contributed by atoms with Gasteiger partial charge in [0.25, 0.3) is 0 Å². The first-order chi connectivity index (χ1) is 14.0. The highest BCUT2D eigenvalue weighted by atomic mass is 32.2. The van der Waals surface area contributed by atoms with Crippen molar-refractivity contribution in [1.82, 2.24) is 11.1 Å². The summed E-state index contributed by atoms with van der Waals surface area (Å²) in [5.41, 5.74) is 7.27. The molecule has 0 aromatic heterocycles. The van der Waals surface area contributed by atoms with Crippen molar-refractivity contribution in [2.75, 3.05) is 37.8 Å². The molecule has 7 atom stereocenters. The van der Waals surface area contributed by atoms with Gasteiger partial charge < -0.3 is 34.8 Å². The standard InChI is InChI=1S/C18H33N2O7S2/c1-11(22)20-6-8-29-17-13(9-21)27-18(16(24)15(17)23)26-12-3-4-14(25-10-12)28-7-2-5-19/h12-19,21,23-24H,2-10H2,1H3,(H,20,22). The maximum absolute atomic E-state index is 10.9. The number of aliphatic hydroxyl groups is 3. The lowest BCUT2D eigenvalue weighted by molar-refractivity contribution is -0.289. The number of nitrogens with one attached hydrogen (secondary N) is 2. The summed E-state index contributed by atoms with van der Waals surface area (Å²) in [5.74, 6) is 1.29. The first-order valence-electron chi connectivity index (χ1n) is 9.98. The third-order valence-electron chi connectivity index (χ3n) is 4.75. The van der Waals surface area contributed by atoms with E-state index in [1.54, 1.807) is 11.8 Å². The average Bonchev–Trinajstić information content (AvgIpc) is 2.71. The second kappa shape index (κ2) is 13.3. The van der Waals surface area contributed by atoms with Crippen molar-refractivity contribution >= 4 is 29.4 Å². The fourth-order valence-electron chi connectivity index (χ4n) is 3.21. The maximum atomic E-state index is 10.9. The van der Waals surface area contributed by atoms with Crippen molar-refractivity contribution in [3.05, 3.63) is 0 Å². The van der Waals surface area contributed by atoms with E-state index >= 15 is 0 Å². The molecule has 2 rings (SSSR count). The van der Waals surface area contributed by atoms with Crippen LogP contribution in [0.2, 0.25) is 0 Å². The van der Waals surface area contributed by atoms with Gasteiger partial charge in [-0.1, -0.05) is 0 Å². The Kier molecular flexibility index (Phi) is 11.6. The summed E-state index contributed by atoms with van der Waals surface area (Å²) >= 11 is 3.04. The summed E-state index contributed by atoms with van der Waals surface area (Å²) in [4.78, 5) is 10.9. The fraction of sp³-hybridized carbons (Fsp3) is 0.944. The molecule has 0 aromatic rings. The minimum Gasteiger partial charge on any atom is -0.394 e. The van der Waals surface area contributed by atoms with Gasteiger partial charge in [0, 0.05) is 25.8 Å². The highest BCUT2D eigenvalue weighted by Crippen LogP contribution is 2.32. The van der Waals surface area contributed by atoms with Crippen LogP contribution in [0.4, 0.5) is 0 Å². The lowest BCUT2D eigenvalue weighted by Crippen LogP contribution is -2.59. The number of ether oxygens (including phenoxy) is 3. The molecule has 2 aliphatic heterocycles. The molecule has 7 unspecified atom stereocenters. The molecule has 169 valence electrons. The van der Waals surface area contributed by atoms with Crippen LogP contribution in [0.25, 0.3) is 0 Å². The van der Waals surface area contributed by atoms with E-state index in [1.165, 1.54) is 18.7 Å². The van der Waals surface area contributed by atoms with Gasteiger partial charge in [0.15, 0.2) is 6.29 Å². The molecular formula is C18H33N2O7S2. The van der Waals surface area contributed by atoms with Crippen LogP contribution in [0.5, 0.6) is 0 Å². The van der Waals surface area contributed by atoms with E-state index in [1.807, 2.05) is 0 Å². The van der Waals surface area contributed by atoms with E-state index in [4.69, 9.17) is 19.9 Å². The van der Waals surface area contributed by atoms with Gasteiger partial charge in [-0.05, 0) is 25.0 Å². The first kappa shape index (κ1) is 25.2. The molecule has 0 spiro atoms. The highest BCUT2D eigenvalue weighted by molar-refractivity contribution is 8.00. The minimum atomic E-state index is -1.24. The summed E-state index contributed by atoms with van der Waals surface area (Å²) in [6, 6.07) is 0. The van der Waals surface area contributed by atoms with Gasteiger partial charge in [-0.3, -0.25) is 10.5 Å². The van der Waals surface area contributed by atoms with Crippen LogP contribution in [0.3, 0.4) is 0 Å². The van der Waals surface area contributed by atoms with Crippen LogP contribution in [0, 0.1) is 0 Å². The van der Waals surface area contributed by atoms with E-state index in [9.17, 15) is 20.1 Å². The van der Waals surface area contributed by atoms with Gasteiger partial charge in [0.05, 0.1) is 36.8 Å². The Morgan fingerprint density at radius 1 is 1.24 bits per heavy atom. The quantitative estimate of drug-likeness (QED) is 0.307. The zero-order chi connectivity index (χ0) is 21.2. The Morgan fingerprint density at radius 2 is 2.03 bits per heavy atom. The first-order valence-corrected chi connectivity index (χ1v) is 12.1. The Hall–Kier alpha value is -0.110. The molecule has 1 amide bonds. The van der Waals surface area contributed by atoms with Gasteiger partial charge in [0.2, 0.25) is 5.91 Å². The molecule has 0 aromatic carbocycles. The van der Waals surface area contributed by atoms with Gasteiger partial charge >= 0.3 is 0 Å². The molecule has 5 N–H and O–H groups in total. The lowest BCUT2D eigenvalue weighted by Gasteiger charge is -2.43. The molecule has 2 heterocycles. The fourth-order valence-corrected chi connectivity index (χ4v) is 5.48. The summed E-state index contributed by atoms with van der Waals surface area (Å²) < 4.78 is 17.4. The molecule has 2 aliphatic rings. The molecule has 9 nitrogen and oxygen atoms in total. The number of carbonyl (C=O) groups excluding carboxylic acids is 1. The Morgan fingerprint density at radius 3 is 2.66 bits per heavy atom. The third kappa shape index (κ3) is 8.15. The normalized spacial score (nSPS) is 35.4. The molecule has 0 saturated carbocycles. The van der Waals surface area contributed by atoms with Crippen LogP contribution in [0.15, 0.2) is 0 Å². The van der Waals surface area contributed by atoms with Crippen molar-refractivity contribution in [3.8, 4) is 0 Å². The van der Waals surface area contributed by atoms with Crippen LogP contribution < -0.4 is 11.1 Å². The monoisotopic (exact) mass is 453 g/mol. The van der Waals surface area contributed by atoms with Crippen molar-refractivity contribution in [1.29, 1.82) is 0 Å². The molecule has 0 aliphatic carbocycles. The number of amides is 1. The van der Waals surface area contributed by atoms with Gasteiger partial charge in [-0.25, -0.2) is 0 Å². The SMILES string of the molecule is CC(=O)NCCSC1C(CO)OC(OC2CCC(SCCC[NH])OC2)C(O)C1O. The molecule has 11 heteroatoms. The summed E-state index contributed by atoms with van der Waals surface area (Å²) in [6.07, 6.45) is -1.92. The van der Waals surface area contributed by atoms with Gasteiger partial charge in [-0.2, -0.15) is 11.8 Å². The number of thioether (sulfide) groups is 2. The van der Waals surface area contributed by atoms with E-state index in [0.717, 1.165) is 25.0 Å². The van der Waals surface area contributed by atoms with Crippen molar-refractivity contribution in [2.45, 2.75) is 67.6 Å². The number of hydrogen-bond donors (Lipinski definition) is 4. The maximum Gasteiger partial charge on any atom is 0.216 e. The second-order valence-corrected chi connectivity index (χ2v) is 9.65. The summed E-state index contributed by atoms with van der Waals surface area (Å²) in [5, 5.41) is 32.8. The van der Waals surface area contributed by atoms with Crippen LogP contribution in [-0.2, 0) is 19.0 Å². The smallest absolute Gasteiger partial charge is 0.216 e. The predicted molar refractivity (Wildman–Crippen MR) is 112 cm³/mol. The predicted octanol–water partition coefficient (Wildman–Crippen LogP) is -0.409. The third-order valence-corrected chi connectivity index (χ3v) is 7.43. The van der Waals surface area contributed by atoms with E-state index < -0.39 is 29.9 Å². The molecular weight excluding hydrogens is 420 g/mol. The summed E-state index contributed by atoms with van der Waals surface area (Å²) in [6.45, 7) is 2.34. The largest absolute Gasteiger partial charge is 0.394 e. The van der Waals surface area contributed by atoms with Crippen LogP contribution in [-0.4, -0.2) is 100 Å². The average molecular weight is 454 g/mol. The van der Waals surface area contributed by atoms with Gasteiger partial charge in [0.1, 0.15) is 11.5 Å². The molecule has 0 bridgehead atoms. The summed E-state index contributed by atoms with van der Waals surface area (Å²) in [7, 11) is 0. The van der Waals surface area contributed by atoms with Crippen LogP contribution >= 0.6 is 23.5 Å². The van der Waals surface area contributed by atoms with Gasteiger partial charge in [-0.15, -0.1) is 11.8 Å². The number of rotatable bonds is 11.